The number of benzene rings is 2. The summed E-state index contributed by atoms with van der Waals surface area (Å²) < 4.78 is 27.9. The van der Waals surface area contributed by atoms with E-state index in [1.54, 1.807) is 7.05 Å². The number of carbonyl (C=O) groups is 2. The zero-order valence-corrected chi connectivity index (χ0v) is 16.4. The first-order valence-corrected chi connectivity index (χ1v) is 9.80. The van der Waals surface area contributed by atoms with E-state index in [9.17, 15) is 18.0 Å². The third-order valence-electron chi connectivity index (χ3n) is 3.89. The Morgan fingerprint density at radius 2 is 1.85 bits per heavy atom. The smallest absolute Gasteiger partial charge is 0.338 e. The van der Waals surface area contributed by atoms with E-state index in [0.29, 0.717) is 6.54 Å². The number of aryl methyl sites for hydroxylation is 1. The molecular weight excluding hydrogens is 392 g/mol. The zero-order valence-electron chi connectivity index (χ0n) is 14.8. The van der Waals surface area contributed by atoms with Crippen LogP contribution in [0.3, 0.4) is 0 Å². The predicted octanol–water partition coefficient (Wildman–Crippen LogP) is 2.11. The van der Waals surface area contributed by atoms with Crippen LogP contribution in [0.2, 0.25) is 5.02 Å². The lowest BCUT2D eigenvalue weighted by molar-refractivity contribution is -0.133. The molecule has 2 N–H and O–H groups in total. The second-order valence-electron chi connectivity index (χ2n) is 5.94. The number of ether oxygens (including phenoxy) is 1. The van der Waals surface area contributed by atoms with Crippen molar-refractivity contribution in [2.45, 2.75) is 18.4 Å². The number of hydrogen-bond donors (Lipinski definition) is 1. The highest BCUT2D eigenvalue weighted by molar-refractivity contribution is 7.89. The standard InChI is InChI=1S/C18H19ClN2O5S/c1-12-5-3-4-6-14(12)10-21(2)17(22)11-26-18(23)13-7-8-15(19)16(9-13)27(20,24)25/h3-9H,10-11H2,1-2H3,(H2,20,24,25). The van der Waals surface area contributed by atoms with Gasteiger partial charge < -0.3 is 9.64 Å². The van der Waals surface area contributed by atoms with Crippen molar-refractivity contribution in [3.8, 4) is 0 Å². The number of halogens is 1. The molecule has 0 aliphatic carbocycles. The van der Waals surface area contributed by atoms with Crippen molar-refractivity contribution in [3.63, 3.8) is 0 Å². The van der Waals surface area contributed by atoms with Gasteiger partial charge in [0, 0.05) is 13.6 Å². The number of nitrogens with two attached hydrogens (primary N) is 1. The average molecular weight is 411 g/mol. The molecule has 2 rings (SSSR count). The van der Waals surface area contributed by atoms with Gasteiger partial charge in [-0.1, -0.05) is 35.9 Å². The Bertz CT molecular complexity index is 975. The summed E-state index contributed by atoms with van der Waals surface area (Å²) in [6.07, 6.45) is 0. The molecule has 1 amide bonds. The lowest BCUT2D eigenvalue weighted by Crippen LogP contribution is -2.31. The van der Waals surface area contributed by atoms with Gasteiger partial charge in [0.1, 0.15) is 4.90 Å². The second kappa shape index (κ2) is 8.51. The Balaban J connectivity index is 2.01. The summed E-state index contributed by atoms with van der Waals surface area (Å²) in [5, 5.41) is 4.94. The minimum Gasteiger partial charge on any atom is -0.452 e. The lowest BCUT2D eigenvalue weighted by atomic mass is 10.1. The highest BCUT2D eigenvalue weighted by Gasteiger charge is 2.19. The van der Waals surface area contributed by atoms with Gasteiger partial charge in [-0.05, 0) is 36.2 Å². The van der Waals surface area contributed by atoms with Gasteiger partial charge in [-0.25, -0.2) is 18.4 Å². The molecule has 0 saturated carbocycles. The first kappa shape index (κ1) is 20.9. The maximum absolute atomic E-state index is 12.2. The fraction of sp³-hybridized carbons (Fsp3) is 0.222. The second-order valence-corrected chi connectivity index (χ2v) is 7.88. The summed E-state index contributed by atoms with van der Waals surface area (Å²) >= 11 is 5.77. The van der Waals surface area contributed by atoms with E-state index in [0.717, 1.165) is 17.2 Å². The Morgan fingerprint density at radius 1 is 1.19 bits per heavy atom. The number of sulfonamides is 1. The molecule has 0 atom stereocenters. The SMILES string of the molecule is Cc1ccccc1CN(C)C(=O)COC(=O)c1ccc(Cl)c(S(N)(=O)=O)c1. The largest absolute Gasteiger partial charge is 0.452 e. The summed E-state index contributed by atoms with van der Waals surface area (Å²) in [7, 11) is -2.49. The fourth-order valence-corrected chi connectivity index (χ4v) is 3.37. The summed E-state index contributed by atoms with van der Waals surface area (Å²) in [4.78, 5) is 25.3. The van der Waals surface area contributed by atoms with Crippen molar-refractivity contribution in [2.75, 3.05) is 13.7 Å². The van der Waals surface area contributed by atoms with Crippen LogP contribution in [0, 0.1) is 6.92 Å². The average Bonchev–Trinajstić information content (AvgIpc) is 2.60. The van der Waals surface area contributed by atoms with Gasteiger partial charge in [0.15, 0.2) is 6.61 Å². The van der Waals surface area contributed by atoms with Crippen molar-refractivity contribution < 1.29 is 22.7 Å². The Kier molecular flexibility index (Phi) is 6.59. The van der Waals surface area contributed by atoms with Gasteiger partial charge >= 0.3 is 5.97 Å². The maximum Gasteiger partial charge on any atom is 0.338 e. The van der Waals surface area contributed by atoms with Crippen LogP contribution in [0.15, 0.2) is 47.4 Å². The van der Waals surface area contributed by atoms with Crippen molar-refractivity contribution in [1.29, 1.82) is 0 Å². The van der Waals surface area contributed by atoms with Gasteiger partial charge in [-0.15, -0.1) is 0 Å². The third kappa shape index (κ3) is 5.53. The molecule has 27 heavy (non-hydrogen) atoms. The summed E-state index contributed by atoms with van der Waals surface area (Å²) in [5.41, 5.74) is 1.96. The number of likely N-dealkylation sites (N-methyl/N-ethyl adjacent to an activating group) is 1. The molecule has 0 aliphatic rings. The number of hydrogen-bond acceptors (Lipinski definition) is 5. The molecule has 0 aliphatic heterocycles. The molecule has 2 aromatic carbocycles. The highest BCUT2D eigenvalue weighted by atomic mass is 35.5. The number of rotatable bonds is 6. The summed E-state index contributed by atoms with van der Waals surface area (Å²) in [6.45, 7) is 1.84. The quantitative estimate of drug-likeness (QED) is 0.734. The van der Waals surface area contributed by atoms with Crippen LogP contribution >= 0.6 is 11.6 Å². The molecule has 0 radical (unpaired) electrons. The molecule has 2 aromatic rings. The highest BCUT2D eigenvalue weighted by Crippen LogP contribution is 2.22. The molecule has 0 bridgehead atoms. The van der Waals surface area contributed by atoms with Crippen LogP contribution in [0.25, 0.3) is 0 Å². The number of nitrogens with zero attached hydrogens (tertiary/aromatic N) is 1. The first-order chi connectivity index (χ1) is 12.6. The number of amides is 1. The molecule has 144 valence electrons. The minimum absolute atomic E-state index is 0.0715. The Hall–Kier alpha value is -2.42. The summed E-state index contributed by atoms with van der Waals surface area (Å²) in [6, 6.07) is 11.2. The maximum atomic E-state index is 12.2. The van der Waals surface area contributed by atoms with Crippen molar-refractivity contribution in [2.24, 2.45) is 5.14 Å². The minimum atomic E-state index is -4.09. The van der Waals surface area contributed by atoms with Crippen LogP contribution in [0.4, 0.5) is 0 Å². The predicted molar refractivity (Wildman–Crippen MR) is 101 cm³/mol. The number of esters is 1. The van der Waals surface area contributed by atoms with Crippen LogP contribution in [-0.4, -0.2) is 38.8 Å². The normalized spacial score (nSPS) is 11.1. The van der Waals surface area contributed by atoms with E-state index in [-0.39, 0.29) is 15.5 Å². The van der Waals surface area contributed by atoms with Crippen LogP contribution in [0.1, 0.15) is 21.5 Å². The lowest BCUT2D eigenvalue weighted by Gasteiger charge is -2.18. The van der Waals surface area contributed by atoms with Gasteiger partial charge in [-0.3, -0.25) is 4.79 Å². The molecule has 7 nitrogen and oxygen atoms in total. The van der Waals surface area contributed by atoms with Gasteiger partial charge in [0.2, 0.25) is 10.0 Å². The van der Waals surface area contributed by atoms with Gasteiger partial charge in [0.05, 0.1) is 10.6 Å². The van der Waals surface area contributed by atoms with Crippen LogP contribution < -0.4 is 5.14 Å². The van der Waals surface area contributed by atoms with E-state index in [1.165, 1.54) is 17.0 Å². The van der Waals surface area contributed by atoms with Crippen molar-refractivity contribution in [3.05, 3.63) is 64.2 Å². The third-order valence-corrected chi connectivity index (χ3v) is 5.29. The molecular formula is C18H19ClN2O5S. The molecule has 0 aromatic heterocycles. The Morgan fingerprint density at radius 3 is 2.48 bits per heavy atom. The van der Waals surface area contributed by atoms with E-state index >= 15 is 0 Å². The molecule has 0 fully saturated rings. The van der Waals surface area contributed by atoms with E-state index in [1.807, 2.05) is 31.2 Å². The fourth-order valence-electron chi connectivity index (χ4n) is 2.30. The van der Waals surface area contributed by atoms with Crippen molar-refractivity contribution >= 4 is 33.5 Å². The first-order valence-electron chi connectivity index (χ1n) is 7.87. The molecule has 0 spiro atoms. The topological polar surface area (TPSA) is 107 Å². The molecule has 0 saturated heterocycles. The number of carbonyl (C=O) groups excluding carboxylic acids is 2. The van der Waals surface area contributed by atoms with Crippen LogP contribution in [0.5, 0.6) is 0 Å². The number of primary sulfonamides is 1. The van der Waals surface area contributed by atoms with Gasteiger partial charge in [-0.2, -0.15) is 0 Å². The Labute approximate surface area is 162 Å². The van der Waals surface area contributed by atoms with Crippen molar-refractivity contribution in [1.82, 2.24) is 4.90 Å². The molecule has 0 heterocycles. The molecule has 0 unspecified atom stereocenters. The van der Waals surface area contributed by atoms with E-state index in [4.69, 9.17) is 21.5 Å². The van der Waals surface area contributed by atoms with Gasteiger partial charge in [0.25, 0.3) is 5.91 Å². The van der Waals surface area contributed by atoms with E-state index < -0.39 is 28.5 Å². The molecule has 9 heteroatoms. The van der Waals surface area contributed by atoms with E-state index in [2.05, 4.69) is 0 Å². The van der Waals surface area contributed by atoms with Crippen LogP contribution in [-0.2, 0) is 26.1 Å². The monoisotopic (exact) mass is 410 g/mol. The summed E-state index contributed by atoms with van der Waals surface area (Å²) in [5.74, 6) is -1.25. The zero-order chi connectivity index (χ0) is 20.2.